The molecule has 4 nitrogen and oxygen atoms in total. The molecule has 1 aromatic carbocycles. The van der Waals surface area contributed by atoms with E-state index in [9.17, 15) is 0 Å². The van der Waals surface area contributed by atoms with E-state index in [1.807, 2.05) is 6.92 Å². The molecule has 20 heavy (non-hydrogen) atoms. The van der Waals surface area contributed by atoms with E-state index in [1.54, 1.807) is 0 Å². The molecule has 0 amide bonds. The van der Waals surface area contributed by atoms with Gasteiger partial charge in [-0.2, -0.15) is 5.10 Å². The van der Waals surface area contributed by atoms with Crippen LogP contribution in [0.15, 0.2) is 24.3 Å². The van der Waals surface area contributed by atoms with Crippen LogP contribution in [0, 0.1) is 12.8 Å². The van der Waals surface area contributed by atoms with Crippen LogP contribution in [0.1, 0.15) is 19.0 Å². The molecule has 2 aromatic rings. The minimum absolute atomic E-state index is 0.478. The van der Waals surface area contributed by atoms with Gasteiger partial charge in [0.1, 0.15) is 0 Å². The maximum atomic E-state index is 4.38. The van der Waals surface area contributed by atoms with Crippen molar-refractivity contribution in [2.45, 2.75) is 26.3 Å². The minimum Gasteiger partial charge on any atom is -0.365 e. The highest BCUT2D eigenvalue weighted by Gasteiger charge is 2.24. The van der Waals surface area contributed by atoms with Crippen molar-refractivity contribution >= 4 is 16.6 Å². The minimum atomic E-state index is 0.478. The number of aryl methyl sites for hydroxylation is 1. The van der Waals surface area contributed by atoms with E-state index < -0.39 is 0 Å². The summed E-state index contributed by atoms with van der Waals surface area (Å²) in [4.78, 5) is 2.39. The number of hydrogen-bond acceptors (Lipinski definition) is 4. The second-order valence-electron chi connectivity index (χ2n) is 5.96. The second-order valence-corrected chi connectivity index (χ2v) is 5.96. The average Bonchev–Trinajstić information content (AvgIpc) is 2.45. The lowest BCUT2D eigenvalue weighted by molar-refractivity contribution is 0.206. The molecule has 1 aromatic heterocycles. The molecule has 1 aliphatic heterocycles. The number of fused-ring (bicyclic) bond motifs is 1. The van der Waals surface area contributed by atoms with Gasteiger partial charge in [-0.25, -0.2) is 0 Å². The predicted octanol–water partition coefficient (Wildman–Crippen LogP) is 2.69. The Balaban J connectivity index is 1.90. The molecule has 106 valence electrons. The van der Waals surface area contributed by atoms with Crippen LogP contribution in [0.25, 0.3) is 10.8 Å². The molecular weight excluding hydrogens is 248 g/mol. The third-order valence-electron chi connectivity index (χ3n) is 4.30. The first-order valence-corrected chi connectivity index (χ1v) is 7.32. The number of hydrogen-bond donors (Lipinski definition) is 1. The van der Waals surface area contributed by atoms with Crippen LogP contribution >= 0.6 is 0 Å². The Morgan fingerprint density at radius 1 is 1.20 bits per heavy atom. The Morgan fingerprint density at radius 2 is 1.95 bits per heavy atom. The molecule has 1 N–H and O–H groups in total. The van der Waals surface area contributed by atoms with E-state index in [0.29, 0.717) is 12.0 Å². The third-order valence-corrected chi connectivity index (χ3v) is 4.30. The van der Waals surface area contributed by atoms with E-state index in [2.05, 4.69) is 58.7 Å². The van der Waals surface area contributed by atoms with Gasteiger partial charge in [0.05, 0.1) is 5.69 Å². The zero-order valence-electron chi connectivity index (χ0n) is 12.4. The summed E-state index contributed by atoms with van der Waals surface area (Å²) in [5.74, 6) is 1.54. The molecule has 2 heterocycles. The van der Waals surface area contributed by atoms with Crippen LogP contribution in [0.4, 0.5) is 5.82 Å². The summed E-state index contributed by atoms with van der Waals surface area (Å²) >= 11 is 0. The number of nitrogens with zero attached hydrogens (tertiary/aromatic N) is 3. The van der Waals surface area contributed by atoms with Gasteiger partial charge in [0.2, 0.25) is 0 Å². The molecule has 2 unspecified atom stereocenters. The number of benzene rings is 1. The smallest absolute Gasteiger partial charge is 0.156 e. The second kappa shape index (κ2) is 5.37. The lowest BCUT2D eigenvalue weighted by Gasteiger charge is -2.35. The molecule has 3 rings (SSSR count). The van der Waals surface area contributed by atoms with Gasteiger partial charge in [-0.1, -0.05) is 31.2 Å². The first kappa shape index (κ1) is 13.3. The molecule has 0 aliphatic carbocycles. The van der Waals surface area contributed by atoms with Crippen LogP contribution in [-0.4, -0.2) is 41.3 Å². The van der Waals surface area contributed by atoms with Crippen LogP contribution in [-0.2, 0) is 0 Å². The Kier molecular flexibility index (Phi) is 3.57. The predicted molar refractivity (Wildman–Crippen MR) is 83.0 cm³/mol. The molecule has 1 fully saturated rings. The van der Waals surface area contributed by atoms with Crippen LogP contribution in [0.2, 0.25) is 0 Å². The van der Waals surface area contributed by atoms with Crippen molar-refractivity contribution < 1.29 is 0 Å². The zero-order chi connectivity index (χ0) is 14.1. The maximum Gasteiger partial charge on any atom is 0.156 e. The fraction of sp³-hybridized carbons (Fsp3) is 0.500. The Labute approximate surface area is 120 Å². The van der Waals surface area contributed by atoms with Gasteiger partial charge >= 0.3 is 0 Å². The summed E-state index contributed by atoms with van der Waals surface area (Å²) in [7, 11) is 2.19. The van der Waals surface area contributed by atoms with Crippen molar-refractivity contribution in [3.05, 3.63) is 30.0 Å². The Morgan fingerprint density at radius 3 is 2.70 bits per heavy atom. The van der Waals surface area contributed by atoms with Crippen molar-refractivity contribution in [3.63, 3.8) is 0 Å². The standard InChI is InChI=1S/C16H22N4/c1-11-10-20(3)9-8-15(11)17-16-14-7-5-4-6-13(14)12(2)18-19-16/h4-7,11,15H,8-10H2,1-3H3,(H,17,19). The molecule has 4 heteroatoms. The molecule has 0 radical (unpaired) electrons. The highest BCUT2D eigenvalue weighted by Crippen LogP contribution is 2.26. The van der Waals surface area contributed by atoms with Gasteiger partial charge in [0, 0.05) is 23.4 Å². The molecule has 0 saturated carbocycles. The van der Waals surface area contributed by atoms with Gasteiger partial charge in [-0.15, -0.1) is 5.10 Å². The van der Waals surface area contributed by atoms with Crippen LogP contribution in [0.5, 0.6) is 0 Å². The number of aromatic nitrogens is 2. The monoisotopic (exact) mass is 270 g/mol. The molecular formula is C16H22N4. The fourth-order valence-corrected chi connectivity index (χ4v) is 3.09. The highest BCUT2D eigenvalue weighted by atomic mass is 15.2. The van der Waals surface area contributed by atoms with Gasteiger partial charge in [-0.05, 0) is 32.9 Å². The van der Waals surface area contributed by atoms with Gasteiger partial charge in [-0.3, -0.25) is 0 Å². The number of anilines is 1. The van der Waals surface area contributed by atoms with E-state index in [4.69, 9.17) is 0 Å². The summed E-state index contributed by atoms with van der Waals surface area (Å²) in [6, 6.07) is 8.83. The van der Waals surface area contributed by atoms with E-state index in [0.717, 1.165) is 31.0 Å². The topological polar surface area (TPSA) is 41.1 Å². The molecule has 0 bridgehead atoms. The largest absolute Gasteiger partial charge is 0.365 e. The summed E-state index contributed by atoms with van der Waals surface area (Å²) < 4.78 is 0. The average molecular weight is 270 g/mol. The quantitative estimate of drug-likeness (QED) is 0.911. The number of likely N-dealkylation sites (tertiary alicyclic amines) is 1. The summed E-state index contributed by atoms with van der Waals surface area (Å²) in [5, 5.41) is 14.6. The van der Waals surface area contributed by atoms with Crippen molar-refractivity contribution in [1.29, 1.82) is 0 Å². The van der Waals surface area contributed by atoms with E-state index in [1.165, 1.54) is 10.8 Å². The van der Waals surface area contributed by atoms with Crippen molar-refractivity contribution in [3.8, 4) is 0 Å². The molecule has 1 aliphatic rings. The van der Waals surface area contributed by atoms with Crippen molar-refractivity contribution in [1.82, 2.24) is 15.1 Å². The molecule has 1 saturated heterocycles. The number of piperidine rings is 1. The lowest BCUT2D eigenvalue weighted by Crippen LogP contribution is -2.43. The zero-order valence-corrected chi connectivity index (χ0v) is 12.4. The van der Waals surface area contributed by atoms with Crippen molar-refractivity contribution in [2.24, 2.45) is 5.92 Å². The van der Waals surface area contributed by atoms with E-state index in [-0.39, 0.29) is 0 Å². The summed E-state index contributed by atoms with van der Waals surface area (Å²) in [5.41, 5.74) is 0.988. The maximum absolute atomic E-state index is 4.38. The first-order chi connectivity index (χ1) is 9.65. The number of rotatable bonds is 2. The first-order valence-electron chi connectivity index (χ1n) is 7.32. The summed E-state index contributed by atoms with van der Waals surface area (Å²) in [6.07, 6.45) is 1.15. The normalized spacial score (nSPS) is 23.9. The third kappa shape index (κ3) is 2.48. The van der Waals surface area contributed by atoms with E-state index >= 15 is 0 Å². The van der Waals surface area contributed by atoms with Crippen LogP contribution in [0.3, 0.4) is 0 Å². The van der Waals surface area contributed by atoms with Gasteiger partial charge < -0.3 is 10.2 Å². The molecule has 2 atom stereocenters. The summed E-state index contributed by atoms with van der Waals surface area (Å²) in [6.45, 7) is 6.59. The lowest BCUT2D eigenvalue weighted by atomic mass is 9.94. The van der Waals surface area contributed by atoms with Crippen LogP contribution < -0.4 is 5.32 Å². The highest BCUT2D eigenvalue weighted by molar-refractivity contribution is 5.92. The SMILES string of the molecule is Cc1nnc(NC2CCN(C)CC2C)c2ccccc12. The fourth-order valence-electron chi connectivity index (χ4n) is 3.09. The number of nitrogens with one attached hydrogen (secondary N) is 1. The molecule has 0 spiro atoms. The van der Waals surface area contributed by atoms with Gasteiger partial charge in [0.15, 0.2) is 5.82 Å². The van der Waals surface area contributed by atoms with Crippen molar-refractivity contribution in [2.75, 3.05) is 25.5 Å². The Hall–Kier alpha value is -1.68. The Bertz CT molecular complexity index is 610. The van der Waals surface area contributed by atoms with Gasteiger partial charge in [0.25, 0.3) is 0 Å².